The van der Waals surface area contributed by atoms with Gasteiger partial charge in [0.15, 0.2) is 5.78 Å². The van der Waals surface area contributed by atoms with Crippen LogP contribution >= 0.6 is 0 Å². The van der Waals surface area contributed by atoms with Crippen molar-refractivity contribution in [2.45, 2.75) is 25.3 Å². The number of Topliss-reactive ketones (excluding diaryl/α,β-unsaturated/α-hetero) is 1. The molecule has 0 aliphatic carbocycles. The van der Waals surface area contributed by atoms with E-state index in [1.165, 1.54) is 5.56 Å². The lowest BCUT2D eigenvalue weighted by Gasteiger charge is -2.44. The molecule has 3 nitrogen and oxygen atoms in total. The minimum Gasteiger partial charge on any atom is -0.298 e. The van der Waals surface area contributed by atoms with Gasteiger partial charge in [0.1, 0.15) is 0 Å². The van der Waals surface area contributed by atoms with E-state index in [2.05, 4.69) is 9.88 Å². The smallest absolute Gasteiger partial charge is 0.153 e. The maximum Gasteiger partial charge on any atom is 0.153 e. The number of hydrogen-bond donors (Lipinski definition) is 0. The zero-order valence-corrected chi connectivity index (χ0v) is 9.30. The Kier molecular flexibility index (Phi) is 2.48. The first-order valence-corrected chi connectivity index (χ1v) is 6.01. The third-order valence-electron chi connectivity index (χ3n) is 3.88. The maximum absolute atomic E-state index is 12.1. The van der Waals surface area contributed by atoms with Gasteiger partial charge in [-0.15, -0.1) is 0 Å². The third kappa shape index (κ3) is 1.65. The number of hydrogen-bond acceptors (Lipinski definition) is 3. The van der Waals surface area contributed by atoms with Gasteiger partial charge in [-0.05, 0) is 50.0 Å². The van der Waals surface area contributed by atoms with E-state index >= 15 is 0 Å². The molecule has 1 unspecified atom stereocenters. The lowest BCUT2D eigenvalue weighted by Crippen LogP contribution is -2.56. The summed E-state index contributed by atoms with van der Waals surface area (Å²) in [5, 5.41) is 0. The molecule has 0 amide bonds. The molecule has 4 rings (SSSR count). The average molecular weight is 216 g/mol. The second-order valence-electron chi connectivity index (χ2n) is 4.79. The van der Waals surface area contributed by atoms with Gasteiger partial charge in [-0.25, -0.2) is 0 Å². The minimum absolute atomic E-state index is 0.134. The fourth-order valence-corrected chi connectivity index (χ4v) is 2.92. The molecule has 84 valence electrons. The van der Waals surface area contributed by atoms with Crippen LogP contribution in [0, 0.1) is 5.92 Å². The zero-order chi connectivity index (χ0) is 11.0. The molecule has 4 heterocycles. The Morgan fingerprint density at radius 1 is 1.25 bits per heavy atom. The lowest BCUT2D eigenvalue weighted by atomic mass is 9.80. The van der Waals surface area contributed by atoms with Crippen LogP contribution in [0.25, 0.3) is 0 Å². The Hall–Kier alpha value is -1.22. The van der Waals surface area contributed by atoms with Crippen LogP contribution in [0.5, 0.6) is 0 Å². The van der Waals surface area contributed by atoms with Crippen LogP contribution in [0.1, 0.15) is 18.4 Å². The van der Waals surface area contributed by atoms with Gasteiger partial charge in [0.05, 0.1) is 6.04 Å². The fraction of sp³-hybridized carbons (Fsp3) is 0.538. The van der Waals surface area contributed by atoms with Gasteiger partial charge < -0.3 is 0 Å². The Bertz CT molecular complexity index is 382. The molecule has 3 aliphatic rings. The van der Waals surface area contributed by atoms with Crippen LogP contribution in [-0.2, 0) is 11.2 Å². The summed E-state index contributed by atoms with van der Waals surface area (Å²) in [6.07, 6.45) is 6.61. The molecule has 0 aromatic carbocycles. The number of piperidine rings is 3. The number of carbonyl (C=O) groups is 1. The van der Waals surface area contributed by atoms with Crippen molar-refractivity contribution in [3.63, 3.8) is 0 Å². The first-order chi connectivity index (χ1) is 7.84. The van der Waals surface area contributed by atoms with Gasteiger partial charge in [-0.2, -0.15) is 0 Å². The molecule has 0 N–H and O–H groups in total. The van der Waals surface area contributed by atoms with Crippen molar-refractivity contribution >= 4 is 5.78 Å². The largest absolute Gasteiger partial charge is 0.298 e. The van der Waals surface area contributed by atoms with E-state index in [-0.39, 0.29) is 6.04 Å². The van der Waals surface area contributed by atoms with Crippen molar-refractivity contribution in [2.24, 2.45) is 5.92 Å². The summed E-state index contributed by atoms with van der Waals surface area (Å²) in [6.45, 7) is 2.21. The molecule has 0 saturated carbocycles. The zero-order valence-electron chi connectivity index (χ0n) is 9.30. The standard InChI is InChI=1S/C13H16N2O/c16-13-11-3-7-15(8-4-11)12(13)9-10-1-5-14-6-2-10/h1-2,5-6,11-12H,3-4,7-9H2. The van der Waals surface area contributed by atoms with E-state index in [1.54, 1.807) is 12.4 Å². The lowest BCUT2D eigenvalue weighted by molar-refractivity contribution is -0.136. The summed E-state index contributed by atoms with van der Waals surface area (Å²) < 4.78 is 0. The van der Waals surface area contributed by atoms with Gasteiger partial charge >= 0.3 is 0 Å². The molecule has 3 fully saturated rings. The number of rotatable bonds is 2. The average Bonchev–Trinajstić information content (AvgIpc) is 2.36. The number of nitrogens with zero attached hydrogens (tertiary/aromatic N) is 2. The predicted octanol–water partition coefficient (Wildman–Crippen LogP) is 1.29. The molecular weight excluding hydrogens is 200 g/mol. The highest BCUT2D eigenvalue weighted by Gasteiger charge is 2.40. The van der Waals surface area contributed by atoms with E-state index < -0.39 is 0 Å². The van der Waals surface area contributed by atoms with Crippen LogP contribution in [0.3, 0.4) is 0 Å². The molecule has 2 bridgehead atoms. The number of ketones is 1. The Morgan fingerprint density at radius 3 is 2.56 bits per heavy atom. The summed E-state index contributed by atoms with van der Waals surface area (Å²) in [6, 6.07) is 4.16. The van der Waals surface area contributed by atoms with Crippen molar-refractivity contribution < 1.29 is 4.79 Å². The maximum atomic E-state index is 12.1. The highest BCUT2D eigenvalue weighted by molar-refractivity contribution is 5.88. The van der Waals surface area contributed by atoms with Crippen LogP contribution in [0.15, 0.2) is 24.5 Å². The van der Waals surface area contributed by atoms with Gasteiger partial charge in [0.25, 0.3) is 0 Å². The summed E-state index contributed by atoms with van der Waals surface area (Å²) in [7, 11) is 0. The predicted molar refractivity (Wildman–Crippen MR) is 61.0 cm³/mol. The molecule has 3 saturated heterocycles. The first kappa shape index (κ1) is 9.97. The second kappa shape index (κ2) is 3.98. The van der Waals surface area contributed by atoms with Gasteiger partial charge in [-0.3, -0.25) is 14.7 Å². The highest BCUT2D eigenvalue weighted by Crippen LogP contribution is 2.30. The quantitative estimate of drug-likeness (QED) is 0.747. The van der Waals surface area contributed by atoms with Crippen molar-refractivity contribution in [3.8, 4) is 0 Å². The van der Waals surface area contributed by atoms with Crippen LogP contribution in [0.2, 0.25) is 0 Å². The fourth-order valence-electron chi connectivity index (χ4n) is 2.92. The molecule has 3 heteroatoms. The van der Waals surface area contributed by atoms with Crippen molar-refractivity contribution in [1.29, 1.82) is 0 Å². The topological polar surface area (TPSA) is 33.2 Å². The number of carbonyl (C=O) groups excluding carboxylic acids is 1. The summed E-state index contributed by atoms with van der Waals surface area (Å²) in [4.78, 5) is 18.5. The summed E-state index contributed by atoms with van der Waals surface area (Å²) >= 11 is 0. The van der Waals surface area contributed by atoms with Gasteiger partial charge in [-0.1, -0.05) is 0 Å². The first-order valence-electron chi connectivity index (χ1n) is 6.01. The Morgan fingerprint density at radius 2 is 1.94 bits per heavy atom. The van der Waals surface area contributed by atoms with Crippen LogP contribution in [0.4, 0.5) is 0 Å². The van der Waals surface area contributed by atoms with Gasteiger partial charge in [0, 0.05) is 18.3 Å². The molecular formula is C13H16N2O. The number of aromatic nitrogens is 1. The molecule has 3 aliphatic heterocycles. The Labute approximate surface area is 95.5 Å². The van der Waals surface area contributed by atoms with Gasteiger partial charge in [0.2, 0.25) is 0 Å². The highest BCUT2D eigenvalue weighted by atomic mass is 16.1. The van der Waals surface area contributed by atoms with Crippen LogP contribution in [-0.4, -0.2) is 34.8 Å². The summed E-state index contributed by atoms with van der Waals surface area (Å²) in [5.41, 5.74) is 1.22. The molecule has 1 aromatic heterocycles. The van der Waals surface area contributed by atoms with E-state index in [0.717, 1.165) is 32.4 Å². The molecule has 16 heavy (non-hydrogen) atoms. The van der Waals surface area contributed by atoms with Crippen molar-refractivity contribution in [1.82, 2.24) is 9.88 Å². The van der Waals surface area contributed by atoms with E-state index in [9.17, 15) is 4.79 Å². The number of pyridine rings is 1. The molecule has 0 spiro atoms. The molecule has 0 radical (unpaired) electrons. The normalized spacial score (nSPS) is 33.0. The summed E-state index contributed by atoms with van der Waals surface area (Å²) in [5.74, 6) is 0.811. The van der Waals surface area contributed by atoms with Crippen molar-refractivity contribution in [2.75, 3.05) is 13.1 Å². The molecule has 1 atom stereocenters. The third-order valence-corrected chi connectivity index (χ3v) is 3.88. The van der Waals surface area contributed by atoms with Crippen LogP contribution < -0.4 is 0 Å². The van der Waals surface area contributed by atoms with Crippen molar-refractivity contribution in [3.05, 3.63) is 30.1 Å². The number of fused-ring (bicyclic) bond motifs is 3. The SMILES string of the molecule is O=C1C2CCN(CC2)C1Cc1ccncc1. The van der Waals surface area contributed by atoms with E-state index in [0.29, 0.717) is 11.7 Å². The second-order valence-corrected chi connectivity index (χ2v) is 4.79. The molecule has 1 aromatic rings. The monoisotopic (exact) mass is 216 g/mol. The van der Waals surface area contributed by atoms with E-state index in [4.69, 9.17) is 0 Å². The van der Waals surface area contributed by atoms with E-state index in [1.807, 2.05) is 12.1 Å². The minimum atomic E-state index is 0.134. The Balaban J connectivity index is 1.78.